The Labute approximate surface area is 75.9 Å². The molecule has 0 radical (unpaired) electrons. The number of hydrogen-bond acceptors (Lipinski definition) is 1. The molecule has 1 heterocycles. The first-order chi connectivity index (χ1) is 5.16. The molecular formula is C8H8Cl2O. The van der Waals surface area contributed by atoms with Crippen LogP contribution in [0.15, 0.2) is 34.9 Å². The van der Waals surface area contributed by atoms with Crippen molar-refractivity contribution in [3.63, 3.8) is 0 Å². The summed E-state index contributed by atoms with van der Waals surface area (Å²) in [5, 5.41) is 0.872. The number of allylic oxidation sites excluding steroid dienone is 2. The fraction of sp³-hybridized carbons (Fsp3) is 0.250. The highest BCUT2D eigenvalue weighted by molar-refractivity contribution is 6.41. The van der Waals surface area contributed by atoms with Gasteiger partial charge in [-0.05, 0) is 11.6 Å². The quantitative estimate of drug-likeness (QED) is 0.493. The molecule has 1 saturated heterocycles. The highest BCUT2D eigenvalue weighted by Crippen LogP contribution is 2.30. The van der Waals surface area contributed by atoms with Crippen LogP contribution in [0.2, 0.25) is 0 Å². The first kappa shape index (κ1) is 8.85. The number of epoxide rings is 1. The third kappa shape index (κ3) is 2.09. The lowest BCUT2D eigenvalue weighted by atomic mass is 10.2. The van der Waals surface area contributed by atoms with Crippen LogP contribution < -0.4 is 0 Å². The number of rotatable bonds is 3. The van der Waals surface area contributed by atoms with Crippen molar-refractivity contribution in [2.24, 2.45) is 0 Å². The molecule has 1 rings (SSSR count). The van der Waals surface area contributed by atoms with Gasteiger partial charge in [0, 0.05) is 0 Å². The van der Waals surface area contributed by atoms with E-state index in [1.165, 1.54) is 6.08 Å². The van der Waals surface area contributed by atoms with Crippen molar-refractivity contribution in [3.8, 4) is 0 Å². The SMILES string of the molecule is C=C/C(Cl)=C(/Cl)C(=C)C1CO1. The normalized spacial score (nSPS) is 24.0. The third-order valence-corrected chi connectivity index (χ3v) is 2.28. The molecule has 3 heteroatoms. The van der Waals surface area contributed by atoms with Crippen molar-refractivity contribution < 1.29 is 4.74 Å². The monoisotopic (exact) mass is 190 g/mol. The number of hydrogen-bond donors (Lipinski definition) is 0. The standard InChI is InChI=1S/C8H8Cl2O/c1-3-6(9)8(10)5(2)7-4-11-7/h3,7H,1-2,4H2/b8-6-. The molecule has 0 N–H and O–H groups in total. The van der Waals surface area contributed by atoms with Gasteiger partial charge in [-0.2, -0.15) is 0 Å². The lowest BCUT2D eigenvalue weighted by molar-refractivity contribution is 0.434. The minimum atomic E-state index is 0.0659. The van der Waals surface area contributed by atoms with Crippen LogP contribution in [-0.2, 0) is 4.74 Å². The Bertz CT molecular complexity index is 226. The average molecular weight is 191 g/mol. The Morgan fingerprint density at radius 2 is 2.09 bits per heavy atom. The molecule has 0 saturated carbocycles. The van der Waals surface area contributed by atoms with Gasteiger partial charge in [0.25, 0.3) is 0 Å². The molecule has 1 nitrogen and oxygen atoms in total. The van der Waals surface area contributed by atoms with E-state index >= 15 is 0 Å². The van der Waals surface area contributed by atoms with E-state index in [1.807, 2.05) is 0 Å². The van der Waals surface area contributed by atoms with Gasteiger partial charge >= 0.3 is 0 Å². The van der Waals surface area contributed by atoms with Gasteiger partial charge < -0.3 is 4.74 Å². The summed E-state index contributed by atoms with van der Waals surface area (Å²) < 4.78 is 4.97. The zero-order chi connectivity index (χ0) is 8.43. The lowest BCUT2D eigenvalue weighted by Gasteiger charge is -1.99. The molecular weight excluding hydrogens is 183 g/mol. The first-order valence-electron chi connectivity index (χ1n) is 3.15. The van der Waals surface area contributed by atoms with Crippen molar-refractivity contribution >= 4 is 23.2 Å². The van der Waals surface area contributed by atoms with Gasteiger partial charge in [0.2, 0.25) is 0 Å². The van der Waals surface area contributed by atoms with Crippen molar-refractivity contribution in [3.05, 3.63) is 34.9 Å². The van der Waals surface area contributed by atoms with E-state index < -0.39 is 0 Å². The van der Waals surface area contributed by atoms with Crippen molar-refractivity contribution in [2.45, 2.75) is 6.10 Å². The highest BCUT2D eigenvalue weighted by atomic mass is 35.5. The molecule has 60 valence electrons. The van der Waals surface area contributed by atoms with Crippen LogP contribution in [0.1, 0.15) is 0 Å². The molecule has 0 aromatic rings. The fourth-order valence-electron chi connectivity index (χ4n) is 0.634. The summed E-state index contributed by atoms with van der Waals surface area (Å²) in [7, 11) is 0. The predicted molar refractivity (Wildman–Crippen MR) is 47.8 cm³/mol. The average Bonchev–Trinajstić information content (AvgIpc) is 2.82. The number of ether oxygens (including phenoxy) is 1. The minimum absolute atomic E-state index is 0.0659. The van der Waals surface area contributed by atoms with Gasteiger partial charge in [-0.15, -0.1) is 0 Å². The van der Waals surface area contributed by atoms with Crippen LogP contribution in [0.25, 0.3) is 0 Å². The van der Waals surface area contributed by atoms with Gasteiger partial charge in [0.15, 0.2) is 0 Å². The van der Waals surface area contributed by atoms with Crippen LogP contribution in [0.5, 0.6) is 0 Å². The van der Waals surface area contributed by atoms with Gasteiger partial charge in [-0.1, -0.05) is 36.4 Å². The summed E-state index contributed by atoms with van der Waals surface area (Å²) in [5.41, 5.74) is 0.733. The molecule has 0 aromatic carbocycles. The lowest BCUT2D eigenvalue weighted by Crippen LogP contribution is -1.91. The Balaban J connectivity index is 2.72. The van der Waals surface area contributed by atoms with Crippen LogP contribution in [-0.4, -0.2) is 12.7 Å². The van der Waals surface area contributed by atoms with Crippen molar-refractivity contribution in [1.82, 2.24) is 0 Å². The smallest absolute Gasteiger partial charge is 0.107 e. The molecule has 0 aromatic heterocycles. The molecule has 11 heavy (non-hydrogen) atoms. The topological polar surface area (TPSA) is 12.5 Å². The Morgan fingerprint density at radius 3 is 2.45 bits per heavy atom. The van der Waals surface area contributed by atoms with E-state index in [4.69, 9.17) is 27.9 Å². The molecule has 0 bridgehead atoms. The molecule has 1 atom stereocenters. The molecule has 1 aliphatic heterocycles. The van der Waals surface area contributed by atoms with E-state index in [1.54, 1.807) is 0 Å². The van der Waals surface area contributed by atoms with Crippen LogP contribution >= 0.6 is 23.2 Å². The van der Waals surface area contributed by atoms with Crippen LogP contribution in [0, 0.1) is 0 Å². The molecule has 0 spiro atoms. The first-order valence-corrected chi connectivity index (χ1v) is 3.91. The van der Waals surface area contributed by atoms with Gasteiger partial charge in [-0.25, -0.2) is 0 Å². The Hall–Kier alpha value is -0.240. The third-order valence-electron chi connectivity index (χ3n) is 1.39. The van der Waals surface area contributed by atoms with E-state index in [9.17, 15) is 0 Å². The van der Waals surface area contributed by atoms with E-state index in [-0.39, 0.29) is 6.10 Å². The zero-order valence-corrected chi connectivity index (χ0v) is 7.45. The minimum Gasteiger partial charge on any atom is -0.368 e. The largest absolute Gasteiger partial charge is 0.368 e. The molecule has 1 aliphatic rings. The summed E-state index contributed by atoms with van der Waals surface area (Å²) in [5.74, 6) is 0. The second kappa shape index (κ2) is 3.44. The van der Waals surface area contributed by atoms with Gasteiger partial charge in [-0.3, -0.25) is 0 Å². The van der Waals surface area contributed by atoms with E-state index in [0.29, 0.717) is 16.7 Å². The van der Waals surface area contributed by atoms with E-state index in [2.05, 4.69) is 13.2 Å². The second-order valence-corrected chi connectivity index (χ2v) is 3.00. The Morgan fingerprint density at radius 1 is 1.55 bits per heavy atom. The van der Waals surface area contributed by atoms with Gasteiger partial charge in [0.1, 0.15) is 6.10 Å². The fourth-order valence-corrected chi connectivity index (χ4v) is 0.954. The predicted octanol–water partition coefficient (Wildman–Crippen LogP) is 2.82. The van der Waals surface area contributed by atoms with Crippen LogP contribution in [0.3, 0.4) is 0 Å². The highest BCUT2D eigenvalue weighted by Gasteiger charge is 2.28. The molecule has 1 unspecified atom stereocenters. The van der Waals surface area contributed by atoms with Crippen molar-refractivity contribution in [1.29, 1.82) is 0 Å². The summed E-state index contributed by atoms with van der Waals surface area (Å²) in [6.07, 6.45) is 1.55. The molecule has 0 amide bonds. The Kier molecular flexibility index (Phi) is 2.77. The maximum absolute atomic E-state index is 5.81. The molecule has 0 aliphatic carbocycles. The second-order valence-electron chi connectivity index (χ2n) is 2.21. The van der Waals surface area contributed by atoms with Gasteiger partial charge in [0.05, 0.1) is 16.7 Å². The maximum Gasteiger partial charge on any atom is 0.107 e. The summed E-state index contributed by atoms with van der Waals surface area (Å²) in [6, 6.07) is 0. The van der Waals surface area contributed by atoms with E-state index in [0.717, 1.165) is 5.57 Å². The summed E-state index contributed by atoms with van der Waals surface area (Å²) >= 11 is 11.5. The van der Waals surface area contributed by atoms with Crippen molar-refractivity contribution in [2.75, 3.05) is 6.61 Å². The summed E-state index contributed by atoms with van der Waals surface area (Å²) in [4.78, 5) is 0. The van der Waals surface area contributed by atoms with Crippen LogP contribution in [0.4, 0.5) is 0 Å². The maximum atomic E-state index is 5.81. The number of halogens is 2. The zero-order valence-electron chi connectivity index (χ0n) is 5.94. The summed E-state index contributed by atoms with van der Waals surface area (Å²) in [6.45, 7) is 7.92. The molecule has 1 fully saturated rings.